The summed E-state index contributed by atoms with van der Waals surface area (Å²) in [6.07, 6.45) is 3.43. The highest BCUT2D eigenvalue weighted by Gasteiger charge is 2.53. The van der Waals surface area contributed by atoms with Crippen molar-refractivity contribution in [2.24, 2.45) is 11.7 Å². The number of hydrogen-bond donors (Lipinski definition) is 1. The number of carbonyl (C=O) groups excluding carboxylic acids is 2. The molecule has 0 aliphatic heterocycles. The van der Waals surface area contributed by atoms with Crippen molar-refractivity contribution in [3.63, 3.8) is 0 Å². The number of nitrogens with two attached hydrogens (primary N) is 1. The minimum absolute atomic E-state index is 0.0205. The first kappa shape index (κ1) is 25.5. The minimum Gasteiger partial charge on any atom is -0.494 e. The van der Waals surface area contributed by atoms with Crippen molar-refractivity contribution in [1.29, 1.82) is 0 Å². The summed E-state index contributed by atoms with van der Waals surface area (Å²) in [5.41, 5.74) is 6.36. The van der Waals surface area contributed by atoms with E-state index in [1.165, 1.54) is 0 Å². The molecule has 4 rings (SSSR count). The molecule has 9 heteroatoms. The molecule has 184 valence electrons. The number of nitrogens with zero attached hydrogens (tertiary/aromatic N) is 2. The third kappa shape index (κ3) is 4.90. The zero-order chi connectivity index (χ0) is 25.0. The second-order valence-corrected chi connectivity index (χ2v) is 10.3. The van der Waals surface area contributed by atoms with Crippen LogP contribution < -0.4 is 10.5 Å². The van der Waals surface area contributed by atoms with Crippen LogP contribution in [0.2, 0.25) is 9.36 Å². The van der Waals surface area contributed by atoms with E-state index in [0.717, 1.165) is 42.8 Å². The van der Waals surface area contributed by atoms with Crippen molar-refractivity contribution in [1.82, 2.24) is 9.27 Å². The summed E-state index contributed by atoms with van der Waals surface area (Å²) >= 11 is 13.5. The van der Waals surface area contributed by atoms with Crippen LogP contribution in [0.1, 0.15) is 54.2 Å². The normalized spacial score (nSPS) is 15.5. The number of rotatable bonds is 9. The van der Waals surface area contributed by atoms with Crippen molar-refractivity contribution in [3.05, 3.63) is 80.8 Å². The highest BCUT2D eigenvalue weighted by atomic mass is 35.5. The standard InChI is InChI=1S/C26H27Cl2N3O3S/c1-2-34-20-14-12-19(13-15-20)26(25(29)33,18-10-6-7-11-18)31(16-17-8-4-3-5-9-17)24(32)22-21(27)23(28)35-30-22/h3-5,8-9,12-15,18H,2,6-7,10-11,16H2,1H3,(H2,29,33). The van der Waals surface area contributed by atoms with Crippen LogP contribution in [0.3, 0.4) is 0 Å². The van der Waals surface area contributed by atoms with Gasteiger partial charge in [0, 0.05) is 6.54 Å². The number of benzene rings is 2. The predicted octanol–water partition coefficient (Wildman–Crippen LogP) is 6.06. The molecule has 3 aromatic rings. The molecule has 1 aliphatic rings. The van der Waals surface area contributed by atoms with Gasteiger partial charge in [-0.2, -0.15) is 4.37 Å². The largest absolute Gasteiger partial charge is 0.494 e. The lowest BCUT2D eigenvalue weighted by atomic mass is 9.74. The van der Waals surface area contributed by atoms with Gasteiger partial charge in [-0.25, -0.2) is 0 Å². The Morgan fingerprint density at radius 1 is 1.11 bits per heavy atom. The Labute approximate surface area is 219 Å². The van der Waals surface area contributed by atoms with Crippen molar-refractivity contribution < 1.29 is 14.3 Å². The number of aromatic nitrogens is 1. The average Bonchev–Trinajstić information content (AvgIpc) is 3.51. The molecular weight excluding hydrogens is 505 g/mol. The molecule has 6 nitrogen and oxygen atoms in total. The van der Waals surface area contributed by atoms with Gasteiger partial charge >= 0.3 is 0 Å². The lowest BCUT2D eigenvalue weighted by Gasteiger charge is -2.46. The monoisotopic (exact) mass is 531 g/mol. The summed E-state index contributed by atoms with van der Waals surface area (Å²) in [6.45, 7) is 2.57. The summed E-state index contributed by atoms with van der Waals surface area (Å²) in [5, 5.41) is 0.0798. The van der Waals surface area contributed by atoms with E-state index >= 15 is 0 Å². The Balaban J connectivity index is 1.93. The fourth-order valence-corrected chi connectivity index (χ4v) is 6.03. The maximum Gasteiger partial charge on any atom is 0.276 e. The van der Waals surface area contributed by atoms with E-state index in [9.17, 15) is 9.59 Å². The van der Waals surface area contributed by atoms with Crippen LogP contribution in [0.4, 0.5) is 0 Å². The Hall–Kier alpha value is -2.61. The highest BCUT2D eigenvalue weighted by Crippen LogP contribution is 2.47. The van der Waals surface area contributed by atoms with Crippen LogP contribution in [0.15, 0.2) is 54.6 Å². The van der Waals surface area contributed by atoms with Crippen molar-refractivity contribution in [2.75, 3.05) is 6.61 Å². The number of primary amides is 1. The summed E-state index contributed by atoms with van der Waals surface area (Å²) in [4.78, 5) is 29.3. The van der Waals surface area contributed by atoms with Gasteiger partial charge in [0.1, 0.15) is 20.6 Å². The van der Waals surface area contributed by atoms with Crippen LogP contribution in [0.25, 0.3) is 0 Å². The van der Waals surface area contributed by atoms with Crippen LogP contribution in [0.5, 0.6) is 5.75 Å². The van der Waals surface area contributed by atoms with Crippen molar-refractivity contribution in [2.45, 2.75) is 44.7 Å². The quantitative estimate of drug-likeness (QED) is 0.363. The molecule has 2 amide bonds. The summed E-state index contributed by atoms with van der Waals surface area (Å²) in [5.74, 6) is -0.563. The van der Waals surface area contributed by atoms with Gasteiger partial charge in [-0.15, -0.1) is 0 Å². The average molecular weight is 532 g/mol. The molecular formula is C26H27Cl2N3O3S. The maximum absolute atomic E-state index is 14.1. The van der Waals surface area contributed by atoms with Gasteiger partial charge in [-0.1, -0.05) is 78.5 Å². The summed E-state index contributed by atoms with van der Waals surface area (Å²) < 4.78 is 10.1. The van der Waals surface area contributed by atoms with E-state index in [4.69, 9.17) is 33.7 Å². The van der Waals surface area contributed by atoms with E-state index in [-0.39, 0.29) is 27.5 Å². The summed E-state index contributed by atoms with van der Waals surface area (Å²) in [6, 6.07) is 16.8. The third-order valence-corrected chi connectivity index (χ3v) is 8.19. The Kier molecular flexibility index (Phi) is 7.99. The van der Waals surface area contributed by atoms with E-state index < -0.39 is 17.4 Å². The van der Waals surface area contributed by atoms with Crippen molar-refractivity contribution >= 4 is 46.5 Å². The van der Waals surface area contributed by atoms with Crippen molar-refractivity contribution in [3.8, 4) is 5.75 Å². The molecule has 1 unspecified atom stereocenters. The molecule has 35 heavy (non-hydrogen) atoms. The van der Waals surface area contributed by atoms with Crippen LogP contribution in [-0.4, -0.2) is 27.7 Å². The van der Waals surface area contributed by atoms with Gasteiger partial charge in [0.2, 0.25) is 5.91 Å². The second-order valence-electron chi connectivity index (χ2n) is 8.57. The number of amides is 2. The Bertz CT molecular complexity index is 1180. The first-order valence-corrected chi connectivity index (χ1v) is 13.1. The van der Waals surface area contributed by atoms with Gasteiger partial charge in [-0.05, 0) is 60.5 Å². The van der Waals surface area contributed by atoms with Gasteiger partial charge in [-0.3, -0.25) is 9.59 Å². The van der Waals surface area contributed by atoms with E-state index in [0.29, 0.717) is 17.9 Å². The second kappa shape index (κ2) is 11.0. The number of halogens is 2. The summed E-state index contributed by atoms with van der Waals surface area (Å²) in [7, 11) is 0. The molecule has 1 saturated carbocycles. The van der Waals surface area contributed by atoms with E-state index in [1.807, 2.05) is 61.5 Å². The molecule has 0 spiro atoms. The first-order valence-electron chi connectivity index (χ1n) is 11.6. The zero-order valence-electron chi connectivity index (χ0n) is 19.4. The van der Waals surface area contributed by atoms with Gasteiger partial charge in [0.15, 0.2) is 5.69 Å². The lowest BCUT2D eigenvalue weighted by Crippen LogP contribution is -2.60. The number of ether oxygens (including phenoxy) is 1. The first-order chi connectivity index (χ1) is 16.9. The molecule has 0 bridgehead atoms. The molecule has 1 atom stereocenters. The molecule has 2 N–H and O–H groups in total. The Morgan fingerprint density at radius 2 is 1.77 bits per heavy atom. The zero-order valence-corrected chi connectivity index (χ0v) is 21.7. The molecule has 0 saturated heterocycles. The van der Waals surface area contributed by atoms with Gasteiger partial charge < -0.3 is 15.4 Å². The molecule has 2 aromatic carbocycles. The highest BCUT2D eigenvalue weighted by molar-refractivity contribution is 7.11. The molecule has 0 radical (unpaired) electrons. The predicted molar refractivity (Wildman–Crippen MR) is 139 cm³/mol. The Morgan fingerprint density at radius 3 is 2.31 bits per heavy atom. The topological polar surface area (TPSA) is 85.5 Å². The molecule has 1 fully saturated rings. The van der Waals surface area contributed by atoms with Gasteiger partial charge in [0.25, 0.3) is 5.91 Å². The van der Waals surface area contributed by atoms with Gasteiger partial charge in [0.05, 0.1) is 6.61 Å². The minimum atomic E-state index is -1.41. The SMILES string of the molecule is CCOc1ccc(C(C(N)=O)(C2CCCC2)N(Cc2ccccc2)C(=O)c2nsc(Cl)c2Cl)cc1. The maximum atomic E-state index is 14.1. The smallest absolute Gasteiger partial charge is 0.276 e. The van der Waals surface area contributed by atoms with Crippen LogP contribution in [-0.2, 0) is 16.9 Å². The van der Waals surface area contributed by atoms with Crippen LogP contribution >= 0.6 is 34.7 Å². The third-order valence-electron chi connectivity index (χ3n) is 6.58. The fourth-order valence-electron chi connectivity index (χ4n) is 5.05. The van der Waals surface area contributed by atoms with Crippen LogP contribution in [0, 0.1) is 5.92 Å². The number of carbonyl (C=O) groups is 2. The molecule has 1 aliphatic carbocycles. The molecule has 1 heterocycles. The van der Waals surface area contributed by atoms with E-state index in [2.05, 4.69) is 4.37 Å². The van der Waals surface area contributed by atoms with E-state index in [1.54, 1.807) is 4.90 Å². The molecule has 1 aromatic heterocycles. The lowest BCUT2D eigenvalue weighted by molar-refractivity contribution is -0.133. The fraction of sp³-hybridized carbons (Fsp3) is 0.346. The number of hydrogen-bond acceptors (Lipinski definition) is 5.